The average molecular weight is 225 g/mol. The van der Waals surface area contributed by atoms with Gasteiger partial charge in [0.15, 0.2) is 0 Å². The van der Waals surface area contributed by atoms with Gasteiger partial charge in [-0.05, 0) is 18.9 Å². The van der Waals surface area contributed by atoms with E-state index in [-0.39, 0.29) is 11.7 Å². The molecule has 0 saturated heterocycles. The fourth-order valence-corrected chi connectivity index (χ4v) is 1.30. The highest BCUT2D eigenvalue weighted by Gasteiger charge is 2.08. The molecular formula is C13H23NO2. The van der Waals surface area contributed by atoms with E-state index in [9.17, 15) is 4.79 Å². The van der Waals surface area contributed by atoms with Gasteiger partial charge in [0.1, 0.15) is 5.76 Å². The van der Waals surface area contributed by atoms with Gasteiger partial charge in [0, 0.05) is 19.2 Å². The number of allylic oxidation sites excluding steroid dienone is 1. The highest BCUT2D eigenvalue weighted by atomic mass is 16.3. The summed E-state index contributed by atoms with van der Waals surface area (Å²) in [6.07, 6.45) is 6.91. The summed E-state index contributed by atoms with van der Waals surface area (Å²) in [5.74, 6) is -0.128. The van der Waals surface area contributed by atoms with Gasteiger partial charge in [0.2, 0.25) is 5.91 Å². The van der Waals surface area contributed by atoms with E-state index in [2.05, 4.69) is 20.4 Å². The van der Waals surface area contributed by atoms with Crippen LogP contribution in [0.1, 0.15) is 39.5 Å². The van der Waals surface area contributed by atoms with E-state index in [0.717, 1.165) is 38.8 Å². The largest absolute Gasteiger partial charge is 0.509 e. The van der Waals surface area contributed by atoms with Gasteiger partial charge in [-0.1, -0.05) is 33.3 Å². The number of aliphatic hydroxyl groups excluding tert-OH is 1. The van der Waals surface area contributed by atoms with Crippen LogP contribution in [0.5, 0.6) is 0 Å². The molecule has 0 aromatic heterocycles. The van der Waals surface area contributed by atoms with Crippen molar-refractivity contribution in [3.63, 3.8) is 0 Å². The van der Waals surface area contributed by atoms with Crippen LogP contribution < -0.4 is 0 Å². The van der Waals surface area contributed by atoms with Crippen molar-refractivity contribution in [1.82, 2.24) is 4.90 Å². The minimum atomic E-state index is -0.0840. The van der Waals surface area contributed by atoms with Crippen LogP contribution in [0.2, 0.25) is 0 Å². The van der Waals surface area contributed by atoms with Crippen molar-refractivity contribution in [1.29, 1.82) is 0 Å². The highest BCUT2D eigenvalue weighted by Crippen LogP contribution is 2.01. The Morgan fingerprint density at radius 2 is 1.69 bits per heavy atom. The molecule has 0 unspecified atom stereocenters. The number of hydrogen-bond donors (Lipinski definition) is 1. The average Bonchev–Trinajstić information content (AvgIpc) is 2.26. The van der Waals surface area contributed by atoms with E-state index in [0.29, 0.717) is 0 Å². The topological polar surface area (TPSA) is 40.5 Å². The van der Waals surface area contributed by atoms with Crippen LogP contribution in [0.4, 0.5) is 0 Å². The van der Waals surface area contributed by atoms with Gasteiger partial charge in [-0.25, -0.2) is 0 Å². The maximum Gasteiger partial charge on any atom is 0.246 e. The monoisotopic (exact) mass is 225 g/mol. The number of amides is 1. The smallest absolute Gasteiger partial charge is 0.246 e. The predicted molar refractivity (Wildman–Crippen MR) is 67.3 cm³/mol. The Morgan fingerprint density at radius 3 is 2.06 bits per heavy atom. The fraction of sp³-hybridized carbons (Fsp3) is 0.615. The Morgan fingerprint density at radius 1 is 1.19 bits per heavy atom. The molecule has 3 heteroatoms. The van der Waals surface area contributed by atoms with E-state index in [1.165, 1.54) is 12.2 Å². The first-order chi connectivity index (χ1) is 7.61. The third-order valence-corrected chi connectivity index (χ3v) is 2.29. The summed E-state index contributed by atoms with van der Waals surface area (Å²) in [5, 5.41) is 8.88. The lowest BCUT2D eigenvalue weighted by Gasteiger charge is -2.20. The maximum absolute atomic E-state index is 11.7. The van der Waals surface area contributed by atoms with Crippen molar-refractivity contribution in [3.05, 3.63) is 24.5 Å². The number of unbranched alkanes of at least 4 members (excludes halogenated alkanes) is 2. The molecule has 0 bridgehead atoms. The number of carbonyl (C=O) groups excluding carboxylic acids is 1. The molecule has 0 fully saturated rings. The molecule has 0 saturated carbocycles. The Labute approximate surface area is 98.5 Å². The van der Waals surface area contributed by atoms with Gasteiger partial charge in [0.25, 0.3) is 0 Å². The van der Waals surface area contributed by atoms with Crippen molar-refractivity contribution < 1.29 is 9.90 Å². The molecule has 0 aliphatic rings. The molecule has 0 radical (unpaired) electrons. The van der Waals surface area contributed by atoms with Crippen LogP contribution in [-0.2, 0) is 4.79 Å². The second-order valence-corrected chi connectivity index (χ2v) is 3.86. The van der Waals surface area contributed by atoms with Crippen molar-refractivity contribution in [2.45, 2.75) is 39.5 Å². The lowest BCUT2D eigenvalue weighted by molar-refractivity contribution is -0.126. The third kappa shape index (κ3) is 7.10. The van der Waals surface area contributed by atoms with Gasteiger partial charge in [0.05, 0.1) is 0 Å². The van der Waals surface area contributed by atoms with Crippen LogP contribution >= 0.6 is 0 Å². The lowest BCUT2D eigenvalue weighted by Crippen LogP contribution is -2.31. The minimum Gasteiger partial charge on any atom is -0.509 e. The van der Waals surface area contributed by atoms with E-state index in [1.54, 1.807) is 0 Å². The molecule has 1 N–H and O–H groups in total. The Balaban J connectivity index is 4.24. The van der Waals surface area contributed by atoms with Gasteiger partial charge in [-0.15, -0.1) is 0 Å². The fourth-order valence-electron chi connectivity index (χ4n) is 1.30. The molecule has 92 valence electrons. The number of rotatable bonds is 8. The molecule has 0 atom stereocenters. The van der Waals surface area contributed by atoms with Crippen molar-refractivity contribution in [2.75, 3.05) is 13.1 Å². The highest BCUT2D eigenvalue weighted by molar-refractivity contribution is 5.87. The molecular weight excluding hydrogens is 202 g/mol. The van der Waals surface area contributed by atoms with Crippen LogP contribution in [0.3, 0.4) is 0 Å². The molecule has 16 heavy (non-hydrogen) atoms. The molecule has 0 spiro atoms. The van der Waals surface area contributed by atoms with Crippen LogP contribution in [0.25, 0.3) is 0 Å². The molecule has 1 amide bonds. The molecule has 0 aromatic carbocycles. The number of aliphatic hydroxyl groups is 1. The molecule has 0 aliphatic carbocycles. The summed E-state index contributed by atoms with van der Waals surface area (Å²) in [5.41, 5.74) is 0. The first-order valence-corrected chi connectivity index (χ1v) is 5.96. The summed E-state index contributed by atoms with van der Waals surface area (Å²) in [6, 6.07) is 0. The molecule has 0 aliphatic heterocycles. The summed E-state index contributed by atoms with van der Waals surface area (Å²) < 4.78 is 0. The molecule has 0 heterocycles. The van der Waals surface area contributed by atoms with E-state index in [4.69, 9.17) is 5.11 Å². The SMILES string of the molecule is C=C(O)/C=C\C(=O)N(CCCC)CCCC. The minimum absolute atomic E-state index is 0.0444. The summed E-state index contributed by atoms with van der Waals surface area (Å²) in [7, 11) is 0. The van der Waals surface area contributed by atoms with Crippen molar-refractivity contribution >= 4 is 5.91 Å². The first kappa shape index (κ1) is 14.8. The predicted octanol–water partition coefficient (Wildman–Crippen LogP) is 3.04. The summed E-state index contributed by atoms with van der Waals surface area (Å²) in [6.45, 7) is 9.10. The van der Waals surface area contributed by atoms with E-state index < -0.39 is 0 Å². The Kier molecular flexibility index (Phi) is 8.31. The zero-order valence-electron chi connectivity index (χ0n) is 10.4. The standard InChI is InChI=1S/C13H23NO2/c1-4-6-10-14(11-7-5-2)13(16)9-8-12(3)15/h8-9,15H,3-7,10-11H2,1-2H3/b9-8-. The van der Waals surface area contributed by atoms with Gasteiger partial charge < -0.3 is 10.0 Å². The maximum atomic E-state index is 11.7. The number of hydrogen-bond acceptors (Lipinski definition) is 2. The van der Waals surface area contributed by atoms with Crippen molar-refractivity contribution in [3.8, 4) is 0 Å². The van der Waals surface area contributed by atoms with Crippen LogP contribution in [-0.4, -0.2) is 29.0 Å². The zero-order chi connectivity index (χ0) is 12.4. The Bertz CT molecular complexity index is 238. The quantitative estimate of drug-likeness (QED) is 0.392. The summed E-state index contributed by atoms with van der Waals surface area (Å²) >= 11 is 0. The van der Waals surface area contributed by atoms with Gasteiger partial charge >= 0.3 is 0 Å². The molecule has 0 aromatic rings. The van der Waals surface area contributed by atoms with E-state index >= 15 is 0 Å². The van der Waals surface area contributed by atoms with E-state index in [1.807, 2.05) is 4.90 Å². The van der Waals surface area contributed by atoms with Crippen LogP contribution in [0.15, 0.2) is 24.5 Å². The van der Waals surface area contributed by atoms with Gasteiger partial charge in [-0.2, -0.15) is 0 Å². The second-order valence-electron chi connectivity index (χ2n) is 3.86. The number of nitrogens with zero attached hydrogens (tertiary/aromatic N) is 1. The third-order valence-electron chi connectivity index (χ3n) is 2.29. The second kappa shape index (κ2) is 9.01. The first-order valence-electron chi connectivity index (χ1n) is 5.96. The summed E-state index contributed by atoms with van der Waals surface area (Å²) in [4.78, 5) is 13.6. The molecule has 0 rings (SSSR count). The van der Waals surface area contributed by atoms with Crippen molar-refractivity contribution in [2.24, 2.45) is 0 Å². The Hall–Kier alpha value is -1.25. The van der Waals surface area contributed by atoms with Gasteiger partial charge in [-0.3, -0.25) is 4.79 Å². The molecule has 3 nitrogen and oxygen atoms in total. The zero-order valence-corrected chi connectivity index (χ0v) is 10.4. The normalized spacial score (nSPS) is 10.6. The van der Waals surface area contributed by atoms with Crippen LogP contribution in [0, 0.1) is 0 Å². The number of carbonyl (C=O) groups is 1. The lowest BCUT2D eigenvalue weighted by atomic mass is 10.2.